The molecule has 1 aliphatic rings. The molecule has 0 saturated heterocycles. The van der Waals surface area contributed by atoms with Gasteiger partial charge in [-0.3, -0.25) is 0 Å². The van der Waals surface area contributed by atoms with Crippen LogP contribution in [0.5, 0.6) is 0 Å². The van der Waals surface area contributed by atoms with Gasteiger partial charge in [0.1, 0.15) is 5.69 Å². The first kappa shape index (κ1) is 15.9. The summed E-state index contributed by atoms with van der Waals surface area (Å²) in [6.07, 6.45) is 2.37. The number of rotatable bonds is 6. The maximum Gasteiger partial charge on any atom is 0.352 e. The van der Waals surface area contributed by atoms with Crippen molar-refractivity contribution in [2.75, 3.05) is 0 Å². The van der Waals surface area contributed by atoms with Gasteiger partial charge in [-0.05, 0) is 31.4 Å². The molecule has 4 nitrogen and oxygen atoms in total. The lowest BCUT2D eigenvalue weighted by Crippen LogP contribution is -2.18. The van der Waals surface area contributed by atoms with Crippen LogP contribution in [0, 0.1) is 6.92 Å². The van der Waals surface area contributed by atoms with Crippen molar-refractivity contribution in [2.45, 2.75) is 38.9 Å². The van der Waals surface area contributed by atoms with Crippen LogP contribution < -0.4 is 5.32 Å². The quantitative estimate of drug-likeness (QED) is 0.718. The number of aryl methyl sites for hydroxylation is 1. The van der Waals surface area contributed by atoms with Crippen molar-refractivity contribution in [1.29, 1.82) is 0 Å². The average Bonchev–Trinajstić information content (AvgIpc) is 3.36. The van der Waals surface area contributed by atoms with Crippen molar-refractivity contribution in [3.8, 4) is 0 Å². The Morgan fingerprint density at radius 2 is 2.00 bits per heavy atom. The monoisotopic (exact) mass is 334 g/mol. The first-order valence-corrected chi connectivity index (χ1v) is 8.76. The van der Waals surface area contributed by atoms with Crippen molar-refractivity contribution >= 4 is 16.9 Å². The zero-order valence-corrected chi connectivity index (χ0v) is 14.3. The maximum absolute atomic E-state index is 12.1. The Balaban J connectivity index is 1.83. The minimum absolute atomic E-state index is 0.399. The van der Waals surface area contributed by atoms with E-state index in [9.17, 15) is 9.90 Å². The first-order chi connectivity index (χ1) is 12.1. The second-order valence-electron chi connectivity index (χ2n) is 6.88. The normalized spacial score (nSPS) is 14.1. The third kappa shape index (κ3) is 3.17. The van der Waals surface area contributed by atoms with E-state index in [1.54, 1.807) is 0 Å². The molecular formula is C21H22N2O2. The predicted molar refractivity (Wildman–Crippen MR) is 99.0 cm³/mol. The first-order valence-electron chi connectivity index (χ1n) is 8.76. The van der Waals surface area contributed by atoms with Gasteiger partial charge < -0.3 is 15.0 Å². The van der Waals surface area contributed by atoms with Crippen LogP contribution in [0.4, 0.5) is 0 Å². The molecule has 3 aromatic rings. The fraction of sp³-hybridized carbons (Fsp3) is 0.286. The van der Waals surface area contributed by atoms with E-state index in [0.29, 0.717) is 24.8 Å². The van der Waals surface area contributed by atoms with Crippen molar-refractivity contribution in [1.82, 2.24) is 9.88 Å². The van der Waals surface area contributed by atoms with Gasteiger partial charge in [0, 0.05) is 35.6 Å². The fourth-order valence-electron chi connectivity index (χ4n) is 3.49. The lowest BCUT2D eigenvalue weighted by atomic mass is 10.1. The minimum Gasteiger partial charge on any atom is -0.477 e. The number of carbonyl (C=O) groups is 1. The summed E-state index contributed by atoms with van der Waals surface area (Å²) in [4.78, 5) is 12.1. The number of carboxylic acids is 1. The van der Waals surface area contributed by atoms with Gasteiger partial charge in [-0.1, -0.05) is 48.0 Å². The number of aromatic nitrogens is 1. The van der Waals surface area contributed by atoms with Gasteiger partial charge in [0.15, 0.2) is 0 Å². The van der Waals surface area contributed by atoms with E-state index in [-0.39, 0.29) is 0 Å². The van der Waals surface area contributed by atoms with Crippen LogP contribution in [0.3, 0.4) is 0 Å². The number of hydrogen-bond acceptors (Lipinski definition) is 2. The van der Waals surface area contributed by atoms with E-state index < -0.39 is 5.97 Å². The van der Waals surface area contributed by atoms with Gasteiger partial charge in [0.25, 0.3) is 0 Å². The molecule has 4 heteroatoms. The van der Waals surface area contributed by atoms with Gasteiger partial charge in [-0.15, -0.1) is 0 Å². The Bertz CT molecular complexity index is 938. The predicted octanol–water partition coefficient (Wildman–Crippen LogP) is 3.95. The van der Waals surface area contributed by atoms with Gasteiger partial charge in [0.05, 0.1) is 0 Å². The summed E-state index contributed by atoms with van der Waals surface area (Å²) in [5.74, 6) is -0.864. The number of nitrogens with one attached hydrogen (secondary N) is 1. The maximum atomic E-state index is 12.1. The molecule has 1 aliphatic carbocycles. The molecule has 1 heterocycles. The number of aromatic carboxylic acids is 1. The molecular weight excluding hydrogens is 312 g/mol. The molecule has 4 rings (SSSR count). The third-order valence-electron chi connectivity index (χ3n) is 4.85. The fourth-order valence-corrected chi connectivity index (χ4v) is 3.49. The lowest BCUT2D eigenvalue weighted by Gasteiger charge is -2.10. The molecule has 2 aromatic carbocycles. The molecule has 1 aromatic heterocycles. The van der Waals surface area contributed by atoms with E-state index in [0.717, 1.165) is 22.0 Å². The van der Waals surface area contributed by atoms with E-state index in [4.69, 9.17) is 0 Å². The summed E-state index contributed by atoms with van der Waals surface area (Å²) >= 11 is 0. The van der Waals surface area contributed by atoms with Crippen LogP contribution in [0.1, 0.15) is 40.0 Å². The summed E-state index contributed by atoms with van der Waals surface area (Å²) < 4.78 is 1.94. The Morgan fingerprint density at radius 1 is 1.20 bits per heavy atom. The molecule has 128 valence electrons. The lowest BCUT2D eigenvalue weighted by molar-refractivity contribution is 0.0684. The summed E-state index contributed by atoms with van der Waals surface area (Å²) in [7, 11) is 0. The van der Waals surface area contributed by atoms with Crippen LogP contribution in [-0.4, -0.2) is 21.7 Å². The highest BCUT2D eigenvalue weighted by Crippen LogP contribution is 2.29. The number of fused-ring (bicyclic) bond motifs is 1. The second kappa shape index (κ2) is 6.37. The number of nitrogens with zero attached hydrogens (tertiary/aromatic N) is 1. The Hall–Kier alpha value is -2.59. The number of hydrogen-bond donors (Lipinski definition) is 2. The summed E-state index contributed by atoms with van der Waals surface area (Å²) in [5, 5.41) is 14.4. The molecule has 1 saturated carbocycles. The number of benzene rings is 2. The molecule has 0 atom stereocenters. The molecule has 0 spiro atoms. The second-order valence-corrected chi connectivity index (χ2v) is 6.88. The van der Waals surface area contributed by atoms with E-state index in [2.05, 4.69) is 30.4 Å². The molecule has 0 bridgehead atoms. The van der Waals surface area contributed by atoms with Gasteiger partial charge >= 0.3 is 5.97 Å². The average molecular weight is 334 g/mol. The van der Waals surface area contributed by atoms with E-state index >= 15 is 0 Å². The Morgan fingerprint density at radius 3 is 2.72 bits per heavy atom. The van der Waals surface area contributed by atoms with Gasteiger partial charge in [-0.25, -0.2) is 4.79 Å². The van der Waals surface area contributed by atoms with E-state index in [1.807, 2.05) is 34.9 Å². The molecule has 0 unspecified atom stereocenters. The van der Waals surface area contributed by atoms with Crippen molar-refractivity contribution < 1.29 is 9.90 Å². The van der Waals surface area contributed by atoms with Crippen LogP contribution in [0.15, 0.2) is 48.5 Å². The standard InChI is InChI=1S/C21H22N2O2/c1-14-5-4-6-15(11-14)13-23-19-8-3-2-7-17(19)18(20(23)21(24)25)12-22-16-9-10-16/h2-8,11,16,22H,9-10,12-13H2,1H3,(H,24,25). The highest BCUT2D eigenvalue weighted by Gasteiger charge is 2.25. The zero-order valence-electron chi connectivity index (χ0n) is 14.3. The molecule has 1 fully saturated rings. The van der Waals surface area contributed by atoms with Crippen LogP contribution in [0.2, 0.25) is 0 Å². The summed E-state index contributed by atoms with van der Waals surface area (Å²) in [6.45, 7) is 3.22. The zero-order chi connectivity index (χ0) is 17.4. The van der Waals surface area contributed by atoms with E-state index in [1.165, 1.54) is 18.4 Å². The number of para-hydroxylation sites is 1. The molecule has 0 radical (unpaired) electrons. The third-order valence-corrected chi connectivity index (χ3v) is 4.85. The molecule has 0 amide bonds. The topological polar surface area (TPSA) is 54.3 Å². The largest absolute Gasteiger partial charge is 0.477 e. The van der Waals surface area contributed by atoms with Crippen molar-refractivity contribution in [2.24, 2.45) is 0 Å². The summed E-state index contributed by atoms with van der Waals surface area (Å²) in [5.41, 5.74) is 4.57. The van der Waals surface area contributed by atoms with Crippen molar-refractivity contribution in [3.05, 3.63) is 70.9 Å². The van der Waals surface area contributed by atoms with Gasteiger partial charge in [-0.2, -0.15) is 0 Å². The molecule has 0 aliphatic heterocycles. The van der Waals surface area contributed by atoms with Crippen LogP contribution >= 0.6 is 0 Å². The highest BCUT2D eigenvalue weighted by molar-refractivity contribution is 5.98. The number of carboxylic acid groups (broad SMARTS) is 1. The van der Waals surface area contributed by atoms with Crippen LogP contribution in [-0.2, 0) is 13.1 Å². The minimum atomic E-state index is -0.864. The summed E-state index contributed by atoms with van der Waals surface area (Å²) in [6, 6.07) is 16.8. The Labute approximate surface area is 147 Å². The SMILES string of the molecule is Cc1cccc(Cn2c(C(=O)O)c(CNC3CC3)c3ccccc32)c1. The highest BCUT2D eigenvalue weighted by atomic mass is 16.4. The smallest absolute Gasteiger partial charge is 0.352 e. The van der Waals surface area contributed by atoms with Crippen LogP contribution in [0.25, 0.3) is 10.9 Å². The molecule has 25 heavy (non-hydrogen) atoms. The molecule has 2 N–H and O–H groups in total. The van der Waals surface area contributed by atoms with Crippen molar-refractivity contribution in [3.63, 3.8) is 0 Å². The Kier molecular flexibility index (Phi) is 4.06. The van der Waals surface area contributed by atoms with Gasteiger partial charge in [0.2, 0.25) is 0 Å².